The van der Waals surface area contributed by atoms with Crippen molar-refractivity contribution in [2.24, 2.45) is 5.73 Å². The minimum Gasteiger partial charge on any atom is -0.330 e. The molecule has 0 spiro atoms. The number of hydrogen-bond acceptors (Lipinski definition) is 2. The van der Waals surface area contributed by atoms with Gasteiger partial charge in [0, 0.05) is 17.5 Å². The molecule has 0 fully saturated rings. The van der Waals surface area contributed by atoms with Gasteiger partial charge in [-0.05, 0) is 25.1 Å². The summed E-state index contributed by atoms with van der Waals surface area (Å²) < 4.78 is 24.8. The number of ketones is 1. The van der Waals surface area contributed by atoms with E-state index < -0.39 is 6.43 Å². The number of alkyl halides is 2. The molecular formula is C11H13F2NO. The molecule has 2 N–H and O–H groups in total. The Kier molecular flexibility index (Phi) is 3.91. The molecule has 0 amide bonds. The Balaban J connectivity index is 3.05. The predicted molar refractivity (Wildman–Crippen MR) is 54.1 cm³/mol. The summed E-state index contributed by atoms with van der Waals surface area (Å²) in [5, 5.41) is 0. The number of rotatable bonds is 4. The fourth-order valence-corrected chi connectivity index (χ4v) is 1.34. The standard InChI is InChI=1S/C11H13F2NO/c1-7-2-3-8(11(12)13)6-9(7)10(15)4-5-14/h2-3,6,11H,4-5,14H2,1H3. The summed E-state index contributed by atoms with van der Waals surface area (Å²) in [6.07, 6.45) is -2.36. The van der Waals surface area contributed by atoms with Crippen LogP contribution in [0, 0.1) is 6.92 Å². The zero-order valence-electron chi connectivity index (χ0n) is 8.47. The zero-order chi connectivity index (χ0) is 11.4. The van der Waals surface area contributed by atoms with Crippen LogP contribution in [-0.4, -0.2) is 12.3 Å². The quantitative estimate of drug-likeness (QED) is 0.781. The fourth-order valence-electron chi connectivity index (χ4n) is 1.34. The van der Waals surface area contributed by atoms with Crippen molar-refractivity contribution in [2.45, 2.75) is 19.8 Å². The highest BCUT2D eigenvalue weighted by Crippen LogP contribution is 2.22. The largest absolute Gasteiger partial charge is 0.330 e. The second-order valence-electron chi connectivity index (χ2n) is 3.34. The minimum atomic E-state index is -2.55. The maximum atomic E-state index is 12.4. The van der Waals surface area contributed by atoms with Gasteiger partial charge in [0.1, 0.15) is 0 Å². The molecular weight excluding hydrogens is 200 g/mol. The summed E-state index contributed by atoms with van der Waals surface area (Å²) in [4.78, 5) is 11.5. The highest BCUT2D eigenvalue weighted by atomic mass is 19.3. The van der Waals surface area contributed by atoms with E-state index in [2.05, 4.69) is 0 Å². The summed E-state index contributed by atoms with van der Waals surface area (Å²) in [5.74, 6) is -0.183. The van der Waals surface area contributed by atoms with Gasteiger partial charge in [-0.2, -0.15) is 0 Å². The summed E-state index contributed by atoms with van der Waals surface area (Å²) in [7, 11) is 0. The van der Waals surface area contributed by atoms with Crippen molar-refractivity contribution in [2.75, 3.05) is 6.54 Å². The second-order valence-corrected chi connectivity index (χ2v) is 3.34. The molecule has 1 aromatic rings. The summed E-state index contributed by atoms with van der Waals surface area (Å²) >= 11 is 0. The van der Waals surface area contributed by atoms with Crippen LogP contribution in [0.1, 0.15) is 34.3 Å². The van der Waals surface area contributed by atoms with Crippen LogP contribution in [-0.2, 0) is 0 Å². The SMILES string of the molecule is Cc1ccc(C(F)F)cc1C(=O)CCN. The van der Waals surface area contributed by atoms with E-state index >= 15 is 0 Å². The lowest BCUT2D eigenvalue weighted by atomic mass is 10.00. The first kappa shape index (κ1) is 11.8. The van der Waals surface area contributed by atoms with Gasteiger partial charge in [-0.25, -0.2) is 8.78 Å². The molecule has 0 aromatic heterocycles. The number of hydrogen-bond donors (Lipinski definition) is 1. The minimum absolute atomic E-state index is 0.124. The maximum absolute atomic E-state index is 12.4. The molecule has 0 aliphatic rings. The van der Waals surface area contributed by atoms with Crippen molar-refractivity contribution in [3.63, 3.8) is 0 Å². The Labute approximate surface area is 87.1 Å². The molecule has 0 saturated carbocycles. The highest BCUT2D eigenvalue weighted by molar-refractivity contribution is 5.97. The van der Waals surface area contributed by atoms with E-state index in [9.17, 15) is 13.6 Å². The van der Waals surface area contributed by atoms with E-state index in [1.165, 1.54) is 18.2 Å². The molecule has 0 radical (unpaired) electrons. The molecule has 2 nitrogen and oxygen atoms in total. The molecule has 0 bridgehead atoms. The number of Topliss-reactive ketones (excluding diaryl/α,β-unsaturated/α-hetero) is 1. The van der Waals surface area contributed by atoms with E-state index in [1.807, 2.05) is 0 Å². The first-order chi connectivity index (χ1) is 7.06. The number of nitrogens with two attached hydrogens (primary N) is 1. The molecule has 1 rings (SSSR count). The first-order valence-corrected chi connectivity index (χ1v) is 4.68. The number of carbonyl (C=O) groups is 1. The highest BCUT2D eigenvalue weighted by Gasteiger charge is 2.13. The van der Waals surface area contributed by atoms with Crippen LogP contribution < -0.4 is 5.73 Å². The fraction of sp³-hybridized carbons (Fsp3) is 0.364. The Morgan fingerprint density at radius 1 is 1.47 bits per heavy atom. The van der Waals surface area contributed by atoms with E-state index in [-0.39, 0.29) is 24.3 Å². The van der Waals surface area contributed by atoms with Crippen LogP contribution in [0.4, 0.5) is 8.78 Å². The van der Waals surface area contributed by atoms with E-state index in [0.717, 1.165) is 0 Å². The third-order valence-electron chi connectivity index (χ3n) is 2.19. The van der Waals surface area contributed by atoms with Gasteiger partial charge in [0.25, 0.3) is 6.43 Å². The third-order valence-corrected chi connectivity index (χ3v) is 2.19. The van der Waals surface area contributed by atoms with Crippen LogP contribution in [0.15, 0.2) is 18.2 Å². The van der Waals surface area contributed by atoms with Crippen molar-refractivity contribution in [3.8, 4) is 0 Å². The normalized spacial score (nSPS) is 10.7. The van der Waals surface area contributed by atoms with Crippen molar-refractivity contribution in [3.05, 3.63) is 34.9 Å². The number of halogens is 2. The molecule has 4 heteroatoms. The van der Waals surface area contributed by atoms with Gasteiger partial charge in [0.15, 0.2) is 5.78 Å². The molecule has 15 heavy (non-hydrogen) atoms. The van der Waals surface area contributed by atoms with Crippen LogP contribution >= 0.6 is 0 Å². The topological polar surface area (TPSA) is 43.1 Å². The predicted octanol–water partition coefficient (Wildman–Crippen LogP) is 2.46. The van der Waals surface area contributed by atoms with Crippen LogP contribution in [0.2, 0.25) is 0 Å². The van der Waals surface area contributed by atoms with Crippen LogP contribution in [0.25, 0.3) is 0 Å². The van der Waals surface area contributed by atoms with Crippen molar-refractivity contribution < 1.29 is 13.6 Å². The Bertz CT molecular complexity index is 364. The van der Waals surface area contributed by atoms with Gasteiger partial charge in [-0.3, -0.25) is 4.79 Å². The van der Waals surface area contributed by atoms with Crippen molar-refractivity contribution in [1.82, 2.24) is 0 Å². The monoisotopic (exact) mass is 213 g/mol. The van der Waals surface area contributed by atoms with E-state index in [1.54, 1.807) is 6.92 Å². The lowest BCUT2D eigenvalue weighted by Gasteiger charge is -2.07. The van der Waals surface area contributed by atoms with Crippen molar-refractivity contribution >= 4 is 5.78 Å². The van der Waals surface area contributed by atoms with Crippen LogP contribution in [0.5, 0.6) is 0 Å². The lowest BCUT2D eigenvalue weighted by Crippen LogP contribution is -2.09. The second kappa shape index (κ2) is 4.98. The number of aryl methyl sites for hydroxylation is 1. The van der Waals surface area contributed by atoms with E-state index in [0.29, 0.717) is 11.1 Å². The molecule has 0 saturated heterocycles. The Hall–Kier alpha value is -1.29. The summed E-state index contributed by atoms with van der Waals surface area (Å²) in [5.41, 5.74) is 6.17. The van der Waals surface area contributed by atoms with Gasteiger partial charge in [0.2, 0.25) is 0 Å². The lowest BCUT2D eigenvalue weighted by molar-refractivity contribution is 0.0984. The average molecular weight is 213 g/mol. The Morgan fingerprint density at radius 3 is 2.67 bits per heavy atom. The number of carbonyl (C=O) groups excluding carboxylic acids is 1. The van der Waals surface area contributed by atoms with Crippen molar-refractivity contribution in [1.29, 1.82) is 0 Å². The molecule has 0 unspecified atom stereocenters. The van der Waals surface area contributed by atoms with Crippen LogP contribution in [0.3, 0.4) is 0 Å². The molecule has 0 aliphatic carbocycles. The van der Waals surface area contributed by atoms with Gasteiger partial charge in [-0.15, -0.1) is 0 Å². The van der Waals surface area contributed by atoms with Gasteiger partial charge < -0.3 is 5.73 Å². The molecule has 1 aromatic carbocycles. The van der Waals surface area contributed by atoms with Gasteiger partial charge in [-0.1, -0.05) is 12.1 Å². The summed E-state index contributed by atoms with van der Waals surface area (Å²) in [6, 6.07) is 4.11. The molecule has 0 aliphatic heterocycles. The first-order valence-electron chi connectivity index (χ1n) is 4.68. The zero-order valence-corrected chi connectivity index (χ0v) is 8.47. The van der Waals surface area contributed by atoms with Gasteiger partial charge >= 0.3 is 0 Å². The molecule has 0 heterocycles. The Morgan fingerprint density at radius 2 is 2.13 bits per heavy atom. The molecule has 82 valence electrons. The summed E-state index contributed by atoms with van der Waals surface area (Å²) in [6.45, 7) is 1.95. The maximum Gasteiger partial charge on any atom is 0.263 e. The molecule has 0 atom stereocenters. The van der Waals surface area contributed by atoms with E-state index in [4.69, 9.17) is 5.73 Å². The average Bonchev–Trinajstić information content (AvgIpc) is 2.18. The third kappa shape index (κ3) is 2.83. The number of benzene rings is 1. The van der Waals surface area contributed by atoms with Gasteiger partial charge in [0.05, 0.1) is 0 Å². The smallest absolute Gasteiger partial charge is 0.263 e.